The van der Waals surface area contributed by atoms with Gasteiger partial charge in [0.2, 0.25) is 0 Å². The fraction of sp³-hybridized carbons (Fsp3) is 0.833. The van der Waals surface area contributed by atoms with Gasteiger partial charge in [-0.15, -0.1) is 0 Å². The molecule has 0 heterocycles. The molecule has 0 radical (unpaired) electrons. The van der Waals surface area contributed by atoms with E-state index < -0.39 is 31.3 Å². The SMILES string of the molecule is CC(O)C(=O)OCCC(F)(F)F. The van der Waals surface area contributed by atoms with Crippen molar-refractivity contribution in [3.8, 4) is 0 Å². The lowest BCUT2D eigenvalue weighted by Crippen LogP contribution is -2.22. The van der Waals surface area contributed by atoms with Gasteiger partial charge in [0.05, 0.1) is 6.42 Å². The Labute approximate surface area is 67.1 Å². The van der Waals surface area contributed by atoms with Gasteiger partial charge in [0, 0.05) is 0 Å². The molecule has 0 aromatic heterocycles. The summed E-state index contributed by atoms with van der Waals surface area (Å²) in [5.41, 5.74) is 0. The van der Waals surface area contributed by atoms with E-state index >= 15 is 0 Å². The van der Waals surface area contributed by atoms with Gasteiger partial charge in [0.25, 0.3) is 0 Å². The second-order valence-electron chi connectivity index (χ2n) is 2.21. The largest absolute Gasteiger partial charge is 0.463 e. The molecule has 0 aromatic rings. The highest BCUT2D eigenvalue weighted by molar-refractivity contribution is 5.73. The zero-order valence-electron chi connectivity index (χ0n) is 6.39. The molecule has 0 amide bonds. The highest BCUT2D eigenvalue weighted by Gasteiger charge is 2.27. The summed E-state index contributed by atoms with van der Waals surface area (Å²) in [5.74, 6) is -1.04. The predicted molar refractivity (Wildman–Crippen MR) is 33.3 cm³/mol. The average molecular weight is 186 g/mol. The number of rotatable bonds is 3. The molecular weight excluding hydrogens is 177 g/mol. The lowest BCUT2D eigenvalue weighted by Gasteiger charge is -2.08. The molecule has 3 nitrogen and oxygen atoms in total. The maximum Gasteiger partial charge on any atom is 0.392 e. The highest BCUT2D eigenvalue weighted by atomic mass is 19.4. The molecule has 1 N–H and O–H groups in total. The summed E-state index contributed by atoms with van der Waals surface area (Å²) in [5, 5.41) is 8.49. The fourth-order valence-corrected chi connectivity index (χ4v) is 0.388. The maximum absolute atomic E-state index is 11.5. The molecule has 0 bridgehead atoms. The van der Waals surface area contributed by atoms with Crippen molar-refractivity contribution in [2.75, 3.05) is 6.61 Å². The van der Waals surface area contributed by atoms with Crippen molar-refractivity contribution in [3.05, 3.63) is 0 Å². The van der Waals surface area contributed by atoms with Crippen molar-refractivity contribution in [3.63, 3.8) is 0 Å². The van der Waals surface area contributed by atoms with Crippen molar-refractivity contribution >= 4 is 5.97 Å². The maximum atomic E-state index is 11.5. The number of ether oxygens (including phenoxy) is 1. The molecule has 0 fully saturated rings. The summed E-state index contributed by atoms with van der Waals surface area (Å²) in [6.07, 6.45) is -6.90. The first-order chi connectivity index (χ1) is 5.33. The van der Waals surface area contributed by atoms with Gasteiger partial charge < -0.3 is 9.84 Å². The van der Waals surface area contributed by atoms with Gasteiger partial charge in [0.15, 0.2) is 0 Å². The fourth-order valence-electron chi connectivity index (χ4n) is 0.388. The molecule has 0 aliphatic heterocycles. The molecule has 72 valence electrons. The quantitative estimate of drug-likeness (QED) is 0.665. The minimum atomic E-state index is -4.33. The van der Waals surface area contributed by atoms with Crippen LogP contribution in [-0.2, 0) is 9.53 Å². The molecule has 1 atom stereocenters. The lowest BCUT2D eigenvalue weighted by atomic mass is 10.4. The van der Waals surface area contributed by atoms with Crippen LogP contribution in [0.1, 0.15) is 13.3 Å². The molecule has 0 aliphatic carbocycles. The first kappa shape index (κ1) is 11.2. The van der Waals surface area contributed by atoms with E-state index in [0.29, 0.717) is 0 Å². The van der Waals surface area contributed by atoms with E-state index in [-0.39, 0.29) is 0 Å². The van der Waals surface area contributed by atoms with E-state index in [9.17, 15) is 18.0 Å². The molecule has 0 aromatic carbocycles. The molecule has 0 rings (SSSR count). The molecule has 0 spiro atoms. The monoisotopic (exact) mass is 186 g/mol. The van der Waals surface area contributed by atoms with Gasteiger partial charge >= 0.3 is 12.1 Å². The summed E-state index contributed by atoms with van der Waals surface area (Å²) in [7, 11) is 0. The molecule has 0 saturated heterocycles. The van der Waals surface area contributed by atoms with E-state index in [2.05, 4.69) is 4.74 Å². The Hall–Kier alpha value is -0.780. The topological polar surface area (TPSA) is 46.5 Å². The third-order valence-electron chi connectivity index (χ3n) is 0.971. The van der Waals surface area contributed by atoms with Crippen LogP contribution in [0.2, 0.25) is 0 Å². The predicted octanol–water partition coefficient (Wildman–Crippen LogP) is 0.863. The van der Waals surface area contributed by atoms with Crippen LogP contribution in [0.25, 0.3) is 0 Å². The Kier molecular flexibility index (Phi) is 4.02. The van der Waals surface area contributed by atoms with Gasteiger partial charge in [-0.2, -0.15) is 13.2 Å². The normalized spacial score (nSPS) is 14.1. The molecule has 12 heavy (non-hydrogen) atoms. The van der Waals surface area contributed by atoms with Crippen LogP contribution >= 0.6 is 0 Å². The van der Waals surface area contributed by atoms with Crippen molar-refractivity contribution in [2.45, 2.75) is 25.6 Å². The van der Waals surface area contributed by atoms with Crippen LogP contribution in [0.15, 0.2) is 0 Å². The smallest absolute Gasteiger partial charge is 0.392 e. The van der Waals surface area contributed by atoms with Crippen LogP contribution in [0.4, 0.5) is 13.2 Å². The van der Waals surface area contributed by atoms with E-state index in [4.69, 9.17) is 5.11 Å². The number of hydrogen-bond donors (Lipinski definition) is 1. The number of carbonyl (C=O) groups excluding carboxylic acids is 1. The van der Waals surface area contributed by atoms with Crippen molar-refractivity contribution in [1.29, 1.82) is 0 Å². The minimum Gasteiger partial charge on any atom is -0.463 e. The number of aliphatic hydroxyl groups is 1. The van der Waals surface area contributed by atoms with Crippen LogP contribution in [0.3, 0.4) is 0 Å². The highest BCUT2D eigenvalue weighted by Crippen LogP contribution is 2.18. The zero-order chi connectivity index (χ0) is 9.78. The third-order valence-corrected chi connectivity index (χ3v) is 0.971. The van der Waals surface area contributed by atoms with Crippen LogP contribution in [0.5, 0.6) is 0 Å². The molecule has 0 saturated carbocycles. The summed E-state index contributed by atoms with van der Waals surface area (Å²) < 4.78 is 38.4. The van der Waals surface area contributed by atoms with E-state index in [1.54, 1.807) is 0 Å². The Bertz CT molecular complexity index is 153. The van der Waals surface area contributed by atoms with Crippen LogP contribution < -0.4 is 0 Å². The Morgan fingerprint density at radius 1 is 1.58 bits per heavy atom. The van der Waals surface area contributed by atoms with Crippen molar-refractivity contribution < 1.29 is 27.8 Å². The van der Waals surface area contributed by atoms with Gasteiger partial charge in [0.1, 0.15) is 12.7 Å². The second-order valence-corrected chi connectivity index (χ2v) is 2.21. The summed E-state index contributed by atoms with van der Waals surface area (Å²) >= 11 is 0. The summed E-state index contributed by atoms with van der Waals surface area (Å²) in [4.78, 5) is 10.4. The zero-order valence-corrected chi connectivity index (χ0v) is 6.39. The number of aliphatic hydroxyl groups excluding tert-OH is 1. The van der Waals surface area contributed by atoms with E-state index in [1.165, 1.54) is 0 Å². The van der Waals surface area contributed by atoms with Gasteiger partial charge in [-0.25, -0.2) is 4.79 Å². The Morgan fingerprint density at radius 3 is 2.42 bits per heavy atom. The minimum absolute atomic E-state index is 0.743. The number of esters is 1. The molecule has 0 aliphatic rings. The Morgan fingerprint density at radius 2 is 2.08 bits per heavy atom. The molecule has 6 heteroatoms. The number of halogens is 3. The third kappa shape index (κ3) is 5.96. The number of alkyl halides is 3. The van der Waals surface area contributed by atoms with Crippen LogP contribution in [0, 0.1) is 0 Å². The van der Waals surface area contributed by atoms with E-state index in [0.717, 1.165) is 6.92 Å². The molecular formula is C6H9F3O3. The van der Waals surface area contributed by atoms with E-state index in [1.807, 2.05) is 0 Å². The van der Waals surface area contributed by atoms with Gasteiger partial charge in [-0.1, -0.05) is 0 Å². The number of carbonyl (C=O) groups is 1. The lowest BCUT2D eigenvalue weighted by molar-refractivity contribution is -0.164. The first-order valence-electron chi connectivity index (χ1n) is 3.24. The van der Waals surface area contributed by atoms with Crippen molar-refractivity contribution in [2.24, 2.45) is 0 Å². The standard InChI is InChI=1S/C6H9F3O3/c1-4(10)5(11)12-3-2-6(7,8)9/h4,10H,2-3H2,1H3. The Balaban J connectivity index is 3.51. The van der Waals surface area contributed by atoms with Crippen molar-refractivity contribution in [1.82, 2.24) is 0 Å². The van der Waals surface area contributed by atoms with Gasteiger partial charge in [-0.3, -0.25) is 0 Å². The second kappa shape index (κ2) is 4.30. The van der Waals surface area contributed by atoms with Crippen LogP contribution in [-0.4, -0.2) is 30.0 Å². The molecule has 1 unspecified atom stereocenters. The summed E-state index contributed by atoms with van der Waals surface area (Å²) in [6.45, 7) is 0.378. The first-order valence-corrected chi connectivity index (χ1v) is 3.24. The summed E-state index contributed by atoms with van der Waals surface area (Å²) in [6, 6.07) is 0. The average Bonchev–Trinajstić information content (AvgIpc) is 1.84. The van der Waals surface area contributed by atoms with Gasteiger partial charge in [-0.05, 0) is 6.92 Å². The number of hydrogen-bond acceptors (Lipinski definition) is 3.